The maximum atomic E-state index is 14.6. The van der Waals surface area contributed by atoms with Gasteiger partial charge in [-0.25, -0.2) is 0 Å². The first-order valence-corrected chi connectivity index (χ1v) is 13.9. The topological polar surface area (TPSA) is 174 Å². The molecule has 0 unspecified atom stereocenters. The Morgan fingerprint density at radius 1 is 1.11 bits per heavy atom. The molecule has 2 aromatic carbocycles. The van der Waals surface area contributed by atoms with Crippen LogP contribution in [-0.2, 0) is 20.8 Å². The van der Waals surface area contributed by atoms with Gasteiger partial charge in [-0.1, -0.05) is 25.0 Å². The van der Waals surface area contributed by atoms with Crippen molar-refractivity contribution in [3.63, 3.8) is 0 Å². The first kappa shape index (κ1) is 30.7. The van der Waals surface area contributed by atoms with Crippen LogP contribution < -0.4 is 15.4 Å². The molecular formula is C33H35N3O8. The number of aromatic hydroxyl groups is 1. The van der Waals surface area contributed by atoms with E-state index in [2.05, 4.69) is 5.92 Å². The molecule has 0 radical (unpaired) electrons. The number of rotatable bonds is 5. The summed E-state index contributed by atoms with van der Waals surface area (Å²) in [5, 5.41) is 47.1. The number of nitrogens with zero attached hydrogens (tertiary/aromatic N) is 2. The minimum absolute atomic E-state index is 0.0545. The number of terminal acetylenes is 1. The zero-order chi connectivity index (χ0) is 32.7. The Hall–Kier alpha value is -4.79. The number of amides is 1. The molecule has 0 aromatic heterocycles. The SMILES string of the molecule is C#C[C@@]12Cc3c(N(C)C)cc(-c4ccc(OC)cc4)c(O)c3C(O)=C1C(=O)[C@]1(O)C(O)=C(C(N)=O)C(=O)[C@@H](N(C)C)[C@]1(C)C2. The number of aliphatic hydroxyl groups excluding tert-OH is 2. The number of fused-ring (bicyclic) bond motifs is 3. The van der Waals surface area contributed by atoms with E-state index in [-0.39, 0.29) is 24.2 Å². The van der Waals surface area contributed by atoms with Gasteiger partial charge in [-0.3, -0.25) is 19.3 Å². The number of benzene rings is 2. The second-order valence-electron chi connectivity index (χ2n) is 12.3. The van der Waals surface area contributed by atoms with E-state index in [1.807, 2.05) is 0 Å². The molecule has 11 heteroatoms. The van der Waals surface area contributed by atoms with Crippen LogP contribution in [0.25, 0.3) is 16.9 Å². The standard InChI is InChI=1S/C33H35N3O8/c1-8-32-14-19-20(35(3)4)13-18(16-9-11-17(44-7)12-10-16)24(37)21(19)25(38)23(32)29(41)33(43)28(40)22(30(34)42)26(39)27(36(5)6)31(33,2)15-32/h1,9-13,27,37-38,40,43H,14-15H2,2-7H3,(H2,34,42)/t27-,31+,32+,33-/m1/s1. The summed E-state index contributed by atoms with van der Waals surface area (Å²) in [4.78, 5) is 43.8. The van der Waals surface area contributed by atoms with Gasteiger partial charge in [0, 0.05) is 30.8 Å². The molecule has 44 heavy (non-hydrogen) atoms. The number of phenolic OH excluding ortho intramolecular Hbond substituents is 1. The molecule has 3 aliphatic rings. The average Bonchev–Trinajstić information content (AvgIpc) is 2.94. The van der Waals surface area contributed by atoms with E-state index in [0.717, 1.165) is 0 Å². The number of ketones is 2. The van der Waals surface area contributed by atoms with Crippen LogP contribution in [0, 0.1) is 23.2 Å². The molecule has 0 bridgehead atoms. The van der Waals surface area contributed by atoms with Crippen LogP contribution in [0.1, 0.15) is 24.5 Å². The van der Waals surface area contributed by atoms with E-state index in [4.69, 9.17) is 16.9 Å². The molecule has 1 saturated carbocycles. The van der Waals surface area contributed by atoms with Crippen LogP contribution in [0.5, 0.6) is 11.5 Å². The number of carbonyl (C=O) groups is 3. The smallest absolute Gasteiger partial charge is 0.255 e. The van der Waals surface area contributed by atoms with Crippen molar-refractivity contribution < 1.29 is 39.5 Å². The summed E-state index contributed by atoms with van der Waals surface area (Å²) < 4.78 is 5.24. The summed E-state index contributed by atoms with van der Waals surface area (Å²) in [6.07, 6.45) is 5.86. The predicted octanol–water partition coefficient (Wildman–Crippen LogP) is 2.10. The van der Waals surface area contributed by atoms with Gasteiger partial charge in [0.15, 0.2) is 11.4 Å². The molecule has 5 rings (SSSR count). The van der Waals surface area contributed by atoms with Crippen LogP contribution in [0.3, 0.4) is 0 Å². The lowest BCUT2D eigenvalue weighted by molar-refractivity contribution is -0.174. The number of anilines is 1. The average molecular weight is 602 g/mol. The second kappa shape index (κ2) is 9.87. The van der Waals surface area contributed by atoms with Gasteiger partial charge in [-0.2, -0.15) is 0 Å². The first-order valence-electron chi connectivity index (χ1n) is 13.9. The van der Waals surface area contributed by atoms with Crippen LogP contribution in [-0.4, -0.2) is 89.7 Å². The number of likely N-dealkylation sites (N-methyl/N-ethyl adjacent to an activating group) is 1. The highest BCUT2D eigenvalue weighted by atomic mass is 16.5. The fourth-order valence-electron chi connectivity index (χ4n) is 7.55. The number of Topliss-reactive ketones (excluding diaryl/α,β-unsaturated/α-hetero) is 2. The van der Waals surface area contributed by atoms with Crippen molar-refractivity contribution >= 4 is 28.9 Å². The highest BCUT2D eigenvalue weighted by molar-refractivity contribution is 6.25. The van der Waals surface area contributed by atoms with Crippen LogP contribution in [0.2, 0.25) is 0 Å². The third-order valence-electron chi connectivity index (χ3n) is 9.47. The maximum absolute atomic E-state index is 14.6. The molecule has 0 aliphatic heterocycles. The van der Waals surface area contributed by atoms with Gasteiger partial charge in [-0.15, -0.1) is 6.42 Å². The fraction of sp³-hybridized carbons (Fsp3) is 0.364. The summed E-state index contributed by atoms with van der Waals surface area (Å²) in [6.45, 7) is 1.45. The van der Waals surface area contributed by atoms with Gasteiger partial charge >= 0.3 is 0 Å². The van der Waals surface area contributed by atoms with Gasteiger partial charge in [0.2, 0.25) is 5.78 Å². The molecule has 2 aromatic rings. The molecule has 1 amide bonds. The Bertz CT molecular complexity index is 1750. The first-order chi connectivity index (χ1) is 20.5. The van der Waals surface area contributed by atoms with Gasteiger partial charge < -0.3 is 35.8 Å². The summed E-state index contributed by atoms with van der Waals surface area (Å²) in [7, 11) is 8.16. The van der Waals surface area contributed by atoms with E-state index in [1.165, 1.54) is 33.0 Å². The third-order valence-corrected chi connectivity index (χ3v) is 9.47. The lowest BCUT2D eigenvalue weighted by Gasteiger charge is -2.59. The van der Waals surface area contributed by atoms with Crippen molar-refractivity contribution in [1.29, 1.82) is 0 Å². The number of hydrogen-bond donors (Lipinski definition) is 5. The van der Waals surface area contributed by atoms with Crippen LogP contribution in [0.4, 0.5) is 5.69 Å². The Kier molecular flexibility index (Phi) is 6.88. The van der Waals surface area contributed by atoms with E-state index in [0.29, 0.717) is 28.1 Å². The number of hydrogen-bond acceptors (Lipinski definition) is 10. The van der Waals surface area contributed by atoms with E-state index >= 15 is 0 Å². The zero-order valence-electron chi connectivity index (χ0n) is 25.3. The summed E-state index contributed by atoms with van der Waals surface area (Å²) in [5.41, 5.74) is -0.151. The minimum atomic E-state index is -2.87. The molecular weight excluding hydrogens is 566 g/mol. The Morgan fingerprint density at radius 3 is 2.23 bits per heavy atom. The van der Waals surface area contributed by atoms with E-state index < -0.39 is 62.6 Å². The molecule has 11 nitrogen and oxygen atoms in total. The predicted molar refractivity (Wildman–Crippen MR) is 163 cm³/mol. The number of methoxy groups -OCH3 is 1. The lowest BCUT2D eigenvalue weighted by atomic mass is 9.45. The molecule has 0 saturated heterocycles. The van der Waals surface area contributed by atoms with Gasteiger partial charge in [0.25, 0.3) is 5.91 Å². The van der Waals surface area contributed by atoms with Crippen molar-refractivity contribution in [2.24, 2.45) is 16.6 Å². The fourth-order valence-corrected chi connectivity index (χ4v) is 7.55. The number of primary amides is 1. The van der Waals surface area contributed by atoms with Gasteiger partial charge in [0.05, 0.1) is 29.7 Å². The zero-order valence-corrected chi connectivity index (χ0v) is 25.3. The number of ether oxygens (including phenoxy) is 1. The van der Waals surface area contributed by atoms with Crippen molar-refractivity contribution in [2.45, 2.75) is 31.4 Å². The maximum Gasteiger partial charge on any atom is 0.255 e. The van der Waals surface area contributed by atoms with Crippen LogP contribution in [0.15, 0.2) is 47.2 Å². The molecule has 0 heterocycles. The third kappa shape index (κ3) is 3.74. The molecule has 1 fully saturated rings. The number of nitrogens with two attached hydrogens (primary N) is 1. The summed E-state index contributed by atoms with van der Waals surface area (Å²) in [6, 6.07) is 7.33. The monoisotopic (exact) mass is 601 g/mol. The number of carbonyl (C=O) groups excluding carboxylic acids is 3. The molecule has 0 spiro atoms. The molecule has 6 N–H and O–H groups in total. The Balaban J connectivity index is 1.87. The molecule has 230 valence electrons. The van der Waals surface area contributed by atoms with Crippen LogP contribution >= 0.6 is 0 Å². The summed E-state index contributed by atoms with van der Waals surface area (Å²) >= 11 is 0. The largest absolute Gasteiger partial charge is 0.508 e. The Labute approximate surface area is 254 Å². The molecule has 3 aliphatic carbocycles. The minimum Gasteiger partial charge on any atom is -0.508 e. The summed E-state index contributed by atoms with van der Waals surface area (Å²) in [5.74, 6) is -2.30. The second-order valence-corrected chi connectivity index (χ2v) is 12.3. The van der Waals surface area contributed by atoms with Crippen molar-refractivity contribution in [2.75, 3.05) is 40.2 Å². The van der Waals surface area contributed by atoms with E-state index in [1.54, 1.807) is 49.3 Å². The number of aliphatic hydroxyl groups is 3. The van der Waals surface area contributed by atoms with Gasteiger partial charge in [0.1, 0.15) is 28.6 Å². The highest BCUT2D eigenvalue weighted by Crippen LogP contribution is 2.64. The quantitative estimate of drug-likeness (QED) is 0.252. The van der Waals surface area contributed by atoms with Gasteiger partial charge in [-0.05, 0) is 56.3 Å². The normalized spacial score (nSPS) is 27.8. The van der Waals surface area contributed by atoms with E-state index in [9.17, 15) is 34.8 Å². The lowest BCUT2D eigenvalue weighted by Crippen LogP contribution is -2.73. The number of phenols is 1. The highest BCUT2D eigenvalue weighted by Gasteiger charge is 2.73. The van der Waals surface area contributed by atoms with Crippen molar-refractivity contribution in [3.8, 4) is 35.0 Å². The van der Waals surface area contributed by atoms with Crippen molar-refractivity contribution in [1.82, 2.24) is 4.90 Å². The molecule has 4 atom stereocenters. The van der Waals surface area contributed by atoms with Crippen molar-refractivity contribution in [3.05, 3.63) is 58.4 Å². The Morgan fingerprint density at radius 2 is 1.73 bits per heavy atom.